The Hall–Kier alpha value is -3.74. The van der Waals surface area contributed by atoms with E-state index >= 15 is 0 Å². The summed E-state index contributed by atoms with van der Waals surface area (Å²) in [6, 6.07) is 8.53. The van der Waals surface area contributed by atoms with Crippen LogP contribution in [-0.4, -0.2) is 39.4 Å². The molecule has 0 spiro atoms. The van der Waals surface area contributed by atoms with E-state index in [-0.39, 0.29) is 18.6 Å². The molecule has 0 amide bonds. The highest BCUT2D eigenvalue weighted by Gasteiger charge is 2.17. The van der Waals surface area contributed by atoms with Crippen LogP contribution in [0.1, 0.15) is 22.3 Å². The number of hydrogen-bond acceptors (Lipinski definition) is 4. The fourth-order valence-corrected chi connectivity index (χ4v) is 4.79. The number of nitrogens with one attached hydrogen (secondary N) is 2. The first-order chi connectivity index (χ1) is 17.9. The highest BCUT2D eigenvalue weighted by Crippen LogP contribution is 2.29. The van der Waals surface area contributed by atoms with E-state index in [4.69, 9.17) is 9.54 Å². The average molecular weight is 527 g/mol. The number of nitrogens with zero attached hydrogens (tertiary/aromatic N) is 4. The molecule has 0 radical (unpaired) electrons. The van der Waals surface area contributed by atoms with Crippen molar-refractivity contribution in [2.45, 2.75) is 26.3 Å². The molecule has 4 aromatic heterocycles. The molecule has 12 heteroatoms. The van der Waals surface area contributed by atoms with Crippen LogP contribution >= 0.6 is 0 Å². The number of aromatic amines is 1. The van der Waals surface area contributed by atoms with Crippen LogP contribution in [0.5, 0.6) is 0 Å². The van der Waals surface area contributed by atoms with Crippen LogP contribution < -0.4 is 10.3 Å². The van der Waals surface area contributed by atoms with Crippen LogP contribution in [0.4, 0.5) is 8.78 Å². The Morgan fingerprint density at radius 3 is 2.73 bits per heavy atom. The summed E-state index contributed by atoms with van der Waals surface area (Å²) in [5.41, 5.74) is 5.02. The first-order valence-electron chi connectivity index (χ1n) is 11.5. The van der Waals surface area contributed by atoms with Crippen molar-refractivity contribution in [1.82, 2.24) is 28.8 Å². The number of aromatic nitrogens is 5. The summed E-state index contributed by atoms with van der Waals surface area (Å²) < 4.78 is 52.8. The molecule has 5 aromatic rings. The maximum atomic E-state index is 13.7. The van der Waals surface area contributed by atoms with Gasteiger partial charge in [-0.1, -0.05) is 18.2 Å². The van der Waals surface area contributed by atoms with Crippen molar-refractivity contribution < 1.29 is 17.5 Å². The van der Waals surface area contributed by atoms with Gasteiger partial charge in [-0.15, -0.1) is 0 Å². The molecule has 0 aliphatic rings. The second-order valence-electron chi connectivity index (χ2n) is 8.70. The van der Waals surface area contributed by atoms with E-state index in [1.165, 1.54) is 10.6 Å². The van der Waals surface area contributed by atoms with E-state index in [0.29, 0.717) is 50.9 Å². The molecule has 0 aliphatic heterocycles. The van der Waals surface area contributed by atoms with Crippen molar-refractivity contribution in [3.05, 3.63) is 81.7 Å². The van der Waals surface area contributed by atoms with E-state index < -0.39 is 24.6 Å². The molecule has 0 saturated carbocycles. The predicted octanol–water partition coefficient (Wildman–Crippen LogP) is 3.53. The molecule has 0 saturated heterocycles. The molecular formula is C25H24F2N6O3S. The molecule has 37 heavy (non-hydrogen) atoms. The predicted molar refractivity (Wildman–Crippen MR) is 138 cm³/mol. The second-order valence-corrected chi connectivity index (χ2v) is 9.49. The zero-order valence-corrected chi connectivity index (χ0v) is 20.7. The van der Waals surface area contributed by atoms with Gasteiger partial charge in [-0.2, -0.15) is 0 Å². The Labute approximate surface area is 212 Å². The highest BCUT2D eigenvalue weighted by molar-refractivity contribution is 7.77. The van der Waals surface area contributed by atoms with Gasteiger partial charge in [0, 0.05) is 36.9 Å². The number of pyridine rings is 2. The molecular weight excluding hydrogens is 502 g/mol. The van der Waals surface area contributed by atoms with E-state index in [1.54, 1.807) is 42.5 Å². The fraction of sp³-hybridized carbons (Fsp3) is 0.240. The number of H-pyrrole nitrogens is 1. The Morgan fingerprint density at radius 2 is 1.97 bits per heavy atom. The Bertz CT molecular complexity index is 1690. The van der Waals surface area contributed by atoms with E-state index in [1.807, 2.05) is 12.1 Å². The van der Waals surface area contributed by atoms with Gasteiger partial charge in [0.15, 0.2) is 5.65 Å². The molecule has 4 heterocycles. The molecule has 1 atom stereocenters. The number of halogens is 2. The molecule has 3 N–H and O–H groups in total. The number of benzene rings is 1. The zero-order valence-electron chi connectivity index (χ0n) is 19.9. The number of rotatable bonds is 9. The summed E-state index contributed by atoms with van der Waals surface area (Å²) >= 11 is -2.16. The lowest BCUT2D eigenvalue weighted by atomic mass is 10.0. The van der Waals surface area contributed by atoms with Gasteiger partial charge in [-0.25, -0.2) is 27.7 Å². The zero-order chi connectivity index (χ0) is 26.1. The van der Waals surface area contributed by atoms with Crippen LogP contribution in [0.3, 0.4) is 0 Å². The molecule has 0 bridgehead atoms. The van der Waals surface area contributed by atoms with Gasteiger partial charge < -0.3 is 14.1 Å². The minimum Gasteiger partial charge on any atom is -0.357 e. The van der Waals surface area contributed by atoms with Crippen molar-refractivity contribution in [2.75, 3.05) is 6.54 Å². The smallest absolute Gasteiger partial charge is 0.274 e. The minimum absolute atomic E-state index is 0.166. The normalized spacial score (nSPS) is 12.5. The van der Waals surface area contributed by atoms with Crippen LogP contribution in [0, 0.1) is 0 Å². The molecule has 0 fully saturated rings. The maximum absolute atomic E-state index is 13.7. The summed E-state index contributed by atoms with van der Waals surface area (Å²) in [7, 11) is 1.66. The summed E-state index contributed by atoms with van der Waals surface area (Å²) in [5, 5.41) is 0.711. The quantitative estimate of drug-likeness (QED) is 0.254. The number of hydrogen-bond donors (Lipinski definition) is 3. The number of aryl methyl sites for hydroxylation is 1. The topological polar surface area (TPSA) is 118 Å². The third-order valence-electron chi connectivity index (χ3n) is 6.35. The largest absolute Gasteiger partial charge is 0.357 e. The van der Waals surface area contributed by atoms with Gasteiger partial charge in [0.2, 0.25) is 11.3 Å². The van der Waals surface area contributed by atoms with Crippen molar-refractivity contribution in [3.63, 3.8) is 0 Å². The van der Waals surface area contributed by atoms with Crippen LogP contribution in [0.25, 0.3) is 33.3 Å². The van der Waals surface area contributed by atoms with Gasteiger partial charge in [-0.3, -0.25) is 9.35 Å². The van der Waals surface area contributed by atoms with E-state index in [0.717, 1.165) is 11.1 Å². The van der Waals surface area contributed by atoms with Crippen LogP contribution in [-0.2, 0) is 44.6 Å². The standard InChI is InChI=1S/C25H24F2N6O3S/c1-32-13-20(19-5-6-28-23(19)25(32)34)21-9-16(4-7-30-37(35)36)22-24(31-21)33(14-29-22)12-17-3-2-15(10-26)8-18(17)11-27/h2-3,5-6,8-9,13-14,28,30H,4,7,10-12H2,1H3,(H,35,36). The molecule has 1 aromatic carbocycles. The number of fused-ring (bicyclic) bond motifs is 2. The maximum Gasteiger partial charge on any atom is 0.274 e. The lowest BCUT2D eigenvalue weighted by Gasteiger charge is -2.12. The summed E-state index contributed by atoms with van der Waals surface area (Å²) in [6.45, 7) is -0.912. The van der Waals surface area contributed by atoms with Gasteiger partial charge in [0.25, 0.3) is 5.56 Å². The summed E-state index contributed by atoms with van der Waals surface area (Å²) in [6.07, 6.45) is 5.41. The van der Waals surface area contributed by atoms with E-state index in [9.17, 15) is 17.8 Å². The summed E-state index contributed by atoms with van der Waals surface area (Å²) in [4.78, 5) is 25.0. The summed E-state index contributed by atoms with van der Waals surface area (Å²) in [5.74, 6) is 0. The second kappa shape index (κ2) is 10.3. The lowest BCUT2D eigenvalue weighted by molar-refractivity contribution is 0.472. The van der Waals surface area contributed by atoms with Crippen LogP contribution in [0.15, 0.2) is 53.8 Å². The van der Waals surface area contributed by atoms with Crippen molar-refractivity contribution >= 4 is 33.3 Å². The first-order valence-corrected chi connectivity index (χ1v) is 12.6. The average Bonchev–Trinajstić information content (AvgIpc) is 3.54. The van der Waals surface area contributed by atoms with Crippen molar-refractivity contribution in [1.29, 1.82) is 0 Å². The minimum atomic E-state index is -2.16. The van der Waals surface area contributed by atoms with Crippen molar-refractivity contribution in [2.24, 2.45) is 7.05 Å². The Balaban J connectivity index is 1.66. The SMILES string of the molecule is Cn1cc(-c2cc(CCNS(=O)O)c3ncn(Cc4ccc(CF)cc4CF)c3n2)c2cc[nH]c2c1=O. The number of imidazole rings is 1. The van der Waals surface area contributed by atoms with Crippen molar-refractivity contribution in [3.8, 4) is 11.3 Å². The third kappa shape index (κ3) is 4.82. The highest BCUT2D eigenvalue weighted by atomic mass is 32.2. The van der Waals surface area contributed by atoms with Gasteiger partial charge in [0.1, 0.15) is 24.4 Å². The van der Waals surface area contributed by atoms with Gasteiger partial charge in [0.05, 0.1) is 18.6 Å². The molecule has 5 rings (SSSR count). The van der Waals surface area contributed by atoms with E-state index in [2.05, 4.69) is 14.7 Å². The molecule has 0 aliphatic carbocycles. The Morgan fingerprint density at radius 1 is 1.14 bits per heavy atom. The molecule has 9 nitrogen and oxygen atoms in total. The molecule has 192 valence electrons. The lowest BCUT2D eigenvalue weighted by Crippen LogP contribution is -2.19. The van der Waals surface area contributed by atoms with Gasteiger partial charge >= 0.3 is 0 Å². The van der Waals surface area contributed by atoms with Gasteiger partial charge in [-0.05, 0) is 40.8 Å². The monoisotopic (exact) mass is 526 g/mol. The fourth-order valence-electron chi connectivity index (χ4n) is 4.51. The Kier molecular flexibility index (Phi) is 6.96. The first kappa shape index (κ1) is 24.9. The molecule has 1 unspecified atom stereocenters. The van der Waals surface area contributed by atoms with Crippen LogP contribution in [0.2, 0.25) is 0 Å². The third-order valence-corrected chi connectivity index (χ3v) is 6.80. The number of alkyl halides is 2.